The second kappa shape index (κ2) is 9.65. The summed E-state index contributed by atoms with van der Waals surface area (Å²) in [7, 11) is 0. The van der Waals surface area contributed by atoms with Crippen molar-refractivity contribution < 1.29 is 14.3 Å². The van der Waals surface area contributed by atoms with Crippen molar-refractivity contribution in [1.29, 1.82) is 0 Å². The van der Waals surface area contributed by atoms with Gasteiger partial charge in [-0.3, -0.25) is 4.57 Å². The number of nitrogens with zero attached hydrogens (tertiary/aromatic N) is 3. The number of aryl methyl sites for hydroxylation is 1. The van der Waals surface area contributed by atoms with Crippen LogP contribution in [0.4, 0.5) is 0 Å². The molecule has 7 heteroatoms. The lowest BCUT2D eigenvalue weighted by Gasteiger charge is -2.13. The summed E-state index contributed by atoms with van der Waals surface area (Å²) in [5, 5.41) is 19.8. The van der Waals surface area contributed by atoms with Gasteiger partial charge in [0, 0.05) is 5.75 Å². The molecule has 154 valence electrons. The molecule has 4 rings (SSSR count). The largest absolute Gasteiger partial charge is 0.491 e. The number of rotatable bonds is 9. The average Bonchev–Trinajstić information content (AvgIpc) is 3.43. The van der Waals surface area contributed by atoms with Crippen LogP contribution in [-0.4, -0.2) is 38.3 Å². The van der Waals surface area contributed by atoms with E-state index in [0.29, 0.717) is 23.9 Å². The first kappa shape index (κ1) is 20.3. The predicted octanol–water partition coefficient (Wildman–Crippen LogP) is 4.43. The van der Waals surface area contributed by atoms with E-state index in [2.05, 4.69) is 22.3 Å². The van der Waals surface area contributed by atoms with Crippen LogP contribution in [-0.2, 0) is 6.54 Å². The lowest BCUT2D eigenvalue weighted by Crippen LogP contribution is -2.20. The number of benzene rings is 2. The van der Waals surface area contributed by atoms with Crippen molar-refractivity contribution in [1.82, 2.24) is 14.8 Å². The van der Waals surface area contributed by atoms with E-state index in [4.69, 9.17) is 9.15 Å². The molecule has 2 heterocycles. The van der Waals surface area contributed by atoms with E-state index in [1.807, 2.05) is 66.1 Å². The van der Waals surface area contributed by atoms with Gasteiger partial charge in [-0.25, -0.2) is 0 Å². The minimum absolute atomic E-state index is 0.216. The third-order valence-corrected chi connectivity index (χ3v) is 5.62. The fourth-order valence-electron chi connectivity index (χ4n) is 2.94. The molecule has 0 saturated heterocycles. The zero-order valence-corrected chi connectivity index (χ0v) is 17.5. The van der Waals surface area contributed by atoms with Crippen LogP contribution in [0.15, 0.2) is 82.6 Å². The summed E-state index contributed by atoms with van der Waals surface area (Å²) >= 11 is 1.45. The van der Waals surface area contributed by atoms with Crippen LogP contribution >= 0.6 is 11.8 Å². The topological polar surface area (TPSA) is 73.3 Å². The van der Waals surface area contributed by atoms with Crippen LogP contribution in [0, 0.1) is 6.92 Å². The number of furan rings is 1. The van der Waals surface area contributed by atoms with E-state index < -0.39 is 6.10 Å². The van der Waals surface area contributed by atoms with Crippen molar-refractivity contribution in [2.75, 3.05) is 12.4 Å². The zero-order valence-electron chi connectivity index (χ0n) is 16.6. The molecule has 6 nitrogen and oxygen atoms in total. The van der Waals surface area contributed by atoms with Gasteiger partial charge in [0.1, 0.15) is 12.4 Å². The molecule has 0 saturated carbocycles. The second-order valence-electron chi connectivity index (χ2n) is 6.94. The SMILES string of the molecule is Cc1ccc(OC[C@@H](O)CSc2nnc(-c3ccco3)n2Cc2ccccc2)cc1. The van der Waals surface area contributed by atoms with Crippen LogP contribution < -0.4 is 4.74 Å². The Morgan fingerprint density at radius 2 is 1.83 bits per heavy atom. The fraction of sp³-hybridized carbons (Fsp3) is 0.217. The van der Waals surface area contributed by atoms with Gasteiger partial charge < -0.3 is 14.3 Å². The molecule has 2 aromatic heterocycles. The van der Waals surface area contributed by atoms with Crippen molar-refractivity contribution in [2.24, 2.45) is 0 Å². The highest BCUT2D eigenvalue weighted by molar-refractivity contribution is 7.99. The molecule has 0 radical (unpaired) electrons. The Kier molecular flexibility index (Phi) is 6.51. The minimum Gasteiger partial charge on any atom is -0.491 e. The van der Waals surface area contributed by atoms with Gasteiger partial charge in [0.25, 0.3) is 0 Å². The molecule has 0 aliphatic carbocycles. The molecule has 2 aromatic carbocycles. The second-order valence-corrected chi connectivity index (χ2v) is 7.93. The highest BCUT2D eigenvalue weighted by Gasteiger charge is 2.18. The van der Waals surface area contributed by atoms with Gasteiger partial charge in [0.05, 0.1) is 18.9 Å². The van der Waals surface area contributed by atoms with E-state index in [0.717, 1.165) is 16.5 Å². The van der Waals surface area contributed by atoms with Crippen molar-refractivity contribution in [2.45, 2.75) is 24.7 Å². The molecule has 0 fully saturated rings. The van der Waals surface area contributed by atoms with E-state index in [-0.39, 0.29) is 6.61 Å². The number of aliphatic hydroxyl groups is 1. The van der Waals surface area contributed by atoms with Gasteiger partial charge in [-0.2, -0.15) is 0 Å². The van der Waals surface area contributed by atoms with Crippen LogP contribution in [0.2, 0.25) is 0 Å². The van der Waals surface area contributed by atoms with Crippen molar-refractivity contribution in [3.05, 3.63) is 84.1 Å². The van der Waals surface area contributed by atoms with E-state index >= 15 is 0 Å². The molecule has 1 N–H and O–H groups in total. The van der Waals surface area contributed by atoms with Crippen molar-refractivity contribution in [3.63, 3.8) is 0 Å². The molecular formula is C23H23N3O3S. The Morgan fingerprint density at radius 3 is 2.57 bits per heavy atom. The first-order chi connectivity index (χ1) is 14.7. The molecule has 30 heavy (non-hydrogen) atoms. The number of hydrogen-bond donors (Lipinski definition) is 1. The third-order valence-electron chi connectivity index (χ3n) is 4.51. The third kappa shape index (κ3) is 5.11. The van der Waals surface area contributed by atoms with Gasteiger partial charge >= 0.3 is 0 Å². The maximum Gasteiger partial charge on any atom is 0.200 e. The number of thioether (sulfide) groups is 1. The van der Waals surface area contributed by atoms with E-state index in [1.165, 1.54) is 17.3 Å². The van der Waals surface area contributed by atoms with Gasteiger partial charge in [0.2, 0.25) is 5.82 Å². The molecular weight excluding hydrogens is 398 g/mol. The molecule has 0 bridgehead atoms. The van der Waals surface area contributed by atoms with Gasteiger partial charge in [-0.15, -0.1) is 10.2 Å². The summed E-state index contributed by atoms with van der Waals surface area (Å²) in [4.78, 5) is 0. The maximum absolute atomic E-state index is 10.4. The number of aliphatic hydroxyl groups excluding tert-OH is 1. The molecule has 0 amide bonds. The van der Waals surface area contributed by atoms with Crippen LogP contribution in [0.25, 0.3) is 11.6 Å². The number of hydrogen-bond acceptors (Lipinski definition) is 6. The van der Waals surface area contributed by atoms with Crippen molar-refractivity contribution in [3.8, 4) is 17.3 Å². The zero-order chi connectivity index (χ0) is 20.8. The van der Waals surface area contributed by atoms with Crippen molar-refractivity contribution >= 4 is 11.8 Å². The average molecular weight is 422 g/mol. The highest BCUT2D eigenvalue weighted by Crippen LogP contribution is 2.26. The molecule has 0 spiro atoms. The van der Waals surface area contributed by atoms with Crippen LogP contribution in [0.1, 0.15) is 11.1 Å². The summed E-state index contributed by atoms with van der Waals surface area (Å²) < 4.78 is 13.2. The quantitative estimate of drug-likeness (QED) is 0.403. The van der Waals surface area contributed by atoms with Gasteiger partial charge in [-0.1, -0.05) is 59.8 Å². The normalized spacial score (nSPS) is 12.1. The summed E-state index contributed by atoms with van der Waals surface area (Å²) in [6.07, 6.45) is 0.987. The lowest BCUT2D eigenvalue weighted by atomic mass is 10.2. The Hall–Kier alpha value is -3.03. The minimum atomic E-state index is -0.634. The highest BCUT2D eigenvalue weighted by atomic mass is 32.2. The van der Waals surface area contributed by atoms with E-state index in [1.54, 1.807) is 6.26 Å². The Bertz CT molecular complexity index is 1050. The standard InChI is InChI=1S/C23H23N3O3S/c1-17-9-11-20(12-10-17)29-15-19(27)16-30-23-25-24-22(21-8-5-13-28-21)26(23)14-18-6-3-2-4-7-18/h2-13,19,27H,14-16H2,1H3/t19-/m1/s1. The Morgan fingerprint density at radius 1 is 1.03 bits per heavy atom. The van der Waals surface area contributed by atoms with Crippen LogP contribution in [0.5, 0.6) is 5.75 Å². The summed E-state index contributed by atoms with van der Waals surface area (Å²) in [6.45, 7) is 2.86. The smallest absolute Gasteiger partial charge is 0.200 e. The number of ether oxygens (including phenoxy) is 1. The first-order valence-corrected chi connectivity index (χ1v) is 10.7. The molecule has 4 aromatic rings. The number of aromatic nitrogens is 3. The fourth-order valence-corrected chi connectivity index (χ4v) is 3.78. The maximum atomic E-state index is 10.4. The molecule has 0 aliphatic rings. The Labute approximate surface area is 179 Å². The Balaban J connectivity index is 1.43. The predicted molar refractivity (Wildman–Crippen MR) is 117 cm³/mol. The lowest BCUT2D eigenvalue weighted by molar-refractivity contribution is 0.126. The van der Waals surface area contributed by atoms with Crippen LogP contribution in [0.3, 0.4) is 0 Å². The summed E-state index contributed by atoms with van der Waals surface area (Å²) in [6, 6.07) is 21.6. The van der Waals surface area contributed by atoms with Gasteiger partial charge in [-0.05, 0) is 36.8 Å². The molecule has 1 atom stereocenters. The monoisotopic (exact) mass is 421 g/mol. The van der Waals surface area contributed by atoms with Gasteiger partial charge in [0.15, 0.2) is 10.9 Å². The first-order valence-electron chi connectivity index (χ1n) is 9.70. The summed E-state index contributed by atoms with van der Waals surface area (Å²) in [5.41, 5.74) is 2.30. The molecule has 0 aliphatic heterocycles. The summed E-state index contributed by atoms with van der Waals surface area (Å²) in [5.74, 6) is 2.51. The van der Waals surface area contributed by atoms with E-state index in [9.17, 15) is 5.11 Å². The molecule has 0 unspecified atom stereocenters.